The van der Waals surface area contributed by atoms with Gasteiger partial charge in [0.1, 0.15) is 0 Å². The molecule has 0 bridgehead atoms. The van der Waals surface area contributed by atoms with Gasteiger partial charge in [0.05, 0.1) is 13.2 Å². The van der Waals surface area contributed by atoms with Crippen molar-refractivity contribution < 1.29 is 18.3 Å². The van der Waals surface area contributed by atoms with Crippen LogP contribution in [0.4, 0.5) is 8.78 Å². The standard InChI is InChI=1S/C25H34F2O2/c1-2-3-17-15-28-25(29-16-17)21-10-8-19(9-11-21)18-4-6-20(7-5-18)22-12-13-23(26)24(27)14-22/h2-3,12-14,17-21,25H,4-11,15-16H2,1H3. The molecule has 3 aliphatic rings. The Morgan fingerprint density at radius 1 is 0.793 bits per heavy atom. The van der Waals surface area contributed by atoms with Crippen molar-refractivity contribution in [2.24, 2.45) is 23.7 Å². The molecule has 0 N–H and O–H groups in total. The Hall–Kier alpha value is -1.26. The van der Waals surface area contributed by atoms with Crippen LogP contribution in [-0.2, 0) is 9.47 Å². The van der Waals surface area contributed by atoms with Gasteiger partial charge in [0, 0.05) is 11.8 Å². The zero-order chi connectivity index (χ0) is 20.2. The Morgan fingerprint density at radius 2 is 1.38 bits per heavy atom. The fourth-order valence-corrected chi connectivity index (χ4v) is 5.77. The van der Waals surface area contributed by atoms with Crippen LogP contribution in [0.2, 0.25) is 0 Å². The monoisotopic (exact) mass is 404 g/mol. The van der Waals surface area contributed by atoms with Gasteiger partial charge >= 0.3 is 0 Å². The minimum absolute atomic E-state index is 0.0124. The summed E-state index contributed by atoms with van der Waals surface area (Å²) in [5.74, 6) is 1.44. The van der Waals surface area contributed by atoms with E-state index >= 15 is 0 Å². The summed E-state index contributed by atoms with van der Waals surface area (Å²) in [5.41, 5.74) is 0.967. The highest BCUT2D eigenvalue weighted by molar-refractivity contribution is 5.22. The van der Waals surface area contributed by atoms with Crippen molar-refractivity contribution >= 4 is 0 Å². The molecule has 0 radical (unpaired) electrons. The average molecular weight is 405 g/mol. The number of benzene rings is 1. The van der Waals surface area contributed by atoms with E-state index in [-0.39, 0.29) is 6.29 Å². The Balaban J connectivity index is 1.21. The third kappa shape index (κ3) is 5.08. The van der Waals surface area contributed by atoms with Crippen LogP contribution in [0, 0.1) is 35.3 Å². The molecule has 2 saturated carbocycles. The molecule has 1 aromatic carbocycles. The van der Waals surface area contributed by atoms with Crippen molar-refractivity contribution in [2.45, 2.75) is 70.5 Å². The number of hydrogen-bond acceptors (Lipinski definition) is 2. The lowest BCUT2D eigenvalue weighted by atomic mass is 9.68. The van der Waals surface area contributed by atoms with E-state index in [4.69, 9.17) is 9.47 Å². The summed E-state index contributed by atoms with van der Waals surface area (Å²) >= 11 is 0. The minimum Gasteiger partial charge on any atom is -0.352 e. The van der Waals surface area contributed by atoms with Crippen LogP contribution in [0.5, 0.6) is 0 Å². The maximum absolute atomic E-state index is 13.6. The summed E-state index contributed by atoms with van der Waals surface area (Å²) in [4.78, 5) is 0. The van der Waals surface area contributed by atoms with Crippen LogP contribution in [0.25, 0.3) is 0 Å². The Kier molecular flexibility index (Phi) is 7.02. The Bertz CT molecular complexity index is 680. The average Bonchev–Trinajstić information content (AvgIpc) is 2.77. The van der Waals surface area contributed by atoms with E-state index in [1.165, 1.54) is 50.7 Å². The fraction of sp³-hybridized carbons (Fsp3) is 0.680. The van der Waals surface area contributed by atoms with Gasteiger partial charge in [0.2, 0.25) is 0 Å². The molecule has 0 amide bonds. The van der Waals surface area contributed by atoms with Crippen molar-refractivity contribution in [1.29, 1.82) is 0 Å². The SMILES string of the molecule is CC=CC1COC(C2CCC(C3CCC(c4ccc(F)c(F)c4)CC3)CC2)OC1. The van der Waals surface area contributed by atoms with Crippen LogP contribution in [0.1, 0.15) is 69.8 Å². The number of rotatable bonds is 4. The lowest BCUT2D eigenvalue weighted by Gasteiger charge is -2.41. The normalized spacial score (nSPS) is 36.4. The number of hydrogen-bond donors (Lipinski definition) is 0. The molecule has 1 saturated heterocycles. The van der Waals surface area contributed by atoms with Crippen LogP contribution in [0.3, 0.4) is 0 Å². The van der Waals surface area contributed by atoms with E-state index < -0.39 is 11.6 Å². The minimum atomic E-state index is -0.748. The number of halogens is 2. The van der Waals surface area contributed by atoms with E-state index in [2.05, 4.69) is 12.2 Å². The number of allylic oxidation sites excluding steroid dienone is 1. The first-order chi connectivity index (χ1) is 14.1. The van der Waals surface area contributed by atoms with E-state index in [1.807, 2.05) is 6.92 Å². The summed E-state index contributed by atoms with van der Waals surface area (Å²) in [7, 11) is 0. The van der Waals surface area contributed by atoms with E-state index in [0.717, 1.165) is 43.5 Å². The van der Waals surface area contributed by atoms with E-state index in [9.17, 15) is 8.78 Å². The molecule has 29 heavy (non-hydrogen) atoms. The molecule has 0 atom stereocenters. The number of ether oxygens (including phenoxy) is 2. The smallest absolute Gasteiger partial charge is 0.160 e. The molecule has 1 aliphatic heterocycles. The summed E-state index contributed by atoms with van der Waals surface area (Å²) in [6.45, 7) is 3.60. The van der Waals surface area contributed by atoms with Gasteiger partial charge in [-0.3, -0.25) is 0 Å². The molecule has 1 aromatic rings. The molecular weight excluding hydrogens is 370 g/mol. The highest BCUT2D eigenvalue weighted by Gasteiger charge is 2.35. The quantitative estimate of drug-likeness (QED) is 0.526. The summed E-state index contributed by atoms with van der Waals surface area (Å²) in [5, 5.41) is 0. The van der Waals surface area contributed by atoms with Gasteiger partial charge in [-0.05, 0) is 93.7 Å². The van der Waals surface area contributed by atoms with Crippen LogP contribution in [-0.4, -0.2) is 19.5 Å². The third-order valence-electron chi connectivity index (χ3n) is 7.47. The predicted octanol–water partition coefficient (Wildman–Crippen LogP) is 6.61. The van der Waals surface area contributed by atoms with Crippen molar-refractivity contribution in [3.05, 3.63) is 47.5 Å². The first-order valence-corrected chi connectivity index (χ1v) is 11.4. The van der Waals surface area contributed by atoms with E-state index in [1.54, 1.807) is 6.07 Å². The van der Waals surface area contributed by atoms with Crippen molar-refractivity contribution in [3.8, 4) is 0 Å². The summed E-state index contributed by atoms with van der Waals surface area (Å²) < 4.78 is 38.8. The molecule has 1 heterocycles. The van der Waals surface area contributed by atoms with Crippen molar-refractivity contribution in [1.82, 2.24) is 0 Å². The molecule has 2 nitrogen and oxygen atoms in total. The molecule has 0 unspecified atom stereocenters. The third-order valence-corrected chi connectivity index (χ3v) is 7.47. The van der Waals surface area contributed by atoms with Crippen molar-refractivity contribution in [3.63, 3.8) is 0 Å². The molecule has 4 heteroatoms. The van der Waals surface area contributed by atoms with Crippen LogP contribution in [0.15, 0.2) is 30.4 Å². The van der Waals surface area contributed by atoms with Crippen LogP contribution < -0.4 is 0 Å². The van der Waals surface area contributed by atoms with Gasteiger partial charge in [-0.25, -0.2) is 8.78 Å². The van der Waals surface area contributed by atoms with Gasteiger partial charge < -0.3 is 9.47 Å². The second-order valence-electron chi connectivity index (χ2n) is 9.28. The van der Waals surface area contributed by atoms with Gasteiger partial charge in [-0.1, -0.05) is 18.2 Å². The molecule has 3 fully saturated rings. The largest absolute Gasteiger partial charge is 0.352 e. The lowest BCUT2D eigenvalue weighted by molar-refractivity contribution is -0.223. The maximum atomic E-state index is 13.6. The first-order valence-electron chi connectivity index (χ1n) is 11.4. The van der Waals surface area contributed by atoms with Gasteiger partial charge in [-0.15, -0.1) is 0 Å². The molecule has 2 aliphatic carbocycles. The predicted molar refractivity (Wildman–Crippen MR) is 111 cm³/mol. The van der Waals surface area contributed by atoms with Crippen molar-refractivity contribution in [2.75, 3.05) is 13.2 Å². The van der Waals surface area contributed by atoms with E-state index in [0.29, 0.717) is 17.8 Å². The van der Waals surface area contributed by atoms with Crippen LogP contribution >= 0.6 is 0 Å². The van der Waals surface area contributed by atoms with Gasteiger partial charge in [0.15, 0.2) is 17.9 Å². The lowest BCUT2D eigenvalue weighted by Crippen LogP contribution is -2.38. The zero-order valence-corrected chi connectivity index (χ0v) is 17.5. The molecule has 4 rings (SSSR count). The van der Waals surface area contributed by atoms with Gasteiger partial charge in [-0.2, -0.15) is 0 Å². The maximum Gasteiger partial charge on any atom is 0.160 e. The molecule has 0 spiro atoms. The molecular formula is C25H34F2O2. The van der Waals surface area contributed by atoms with Gasteiger partial charge in [0.25, 0.3) is 0 Å². The first kappa shape index (κ1) is 21.0. The highest BCUT2D eigenvalue weighted by atomic mass is 19.2. The summed E-state index contributed by atoms with van der Waals surface area (Å²) in [6.07, 6.45) is 13.8. The highest BCUT2D eigenvalue weighted by Crippen LogP contribution is 2.45. The molecule has 0 aromatic heterocycles. The summed E-state index contributed by atoms with van der Waals surface area (Å²) in [6, 6.07) is 4.43. The Labute approximate surface area is 173 Å². The topological polar surface area (TPSA) is 18.5 Å². The fourth-order valence-electron chi connectivity index (χ4n) is 5.77. The Morgan fingerprint density at radius 3 is 1.97 bits per heavy atom. The second-order valence-corrected chi connectivity index (χ2v) is 9.28. The second kappa shape index (κ2) is 9.70. The zero-order valence-electron chi connectivity index (χ0n) is 17.5. The molecule has 160 valence electrons.